The van der Waals surface area contributed by atoms with E-state index >= 15 is 0 Å². The van der Waals surface area contributed by atoms with Crippen LogP contribution in [0, 0.1) is 0 Å². The van der Waals surface area contributed by atoms with E-state index in [1.165, 1.54) is 19.1 Å². The van der Waals surface area contributed by atoms with Crippen molar-refractivity contribution < 1.29 is 35.9 Å². The van der Waals surface area contributed by atoms with Gasteiger partial charge in [-0.15, -0.1) is 0 Å². The molecule has 7 nitrogen and oxygen atoms in total. The van der Waals surface area contributed by atoms with E-state index in [0.29, 0.717) is 17.1 Å². The lowest BCUT2D eigenvalue weighted by Crippen LogP contribution is -2.38. The minimum Gasteiger partial charge on any atom is -0.493 e. The molecule has 35 heavy (non-hydrogen) atoms. The minimum atomic E-state index is -4.63. The Bertz CT molecular complexity index is 1300. The molecule has 2 aliphatic rings. The number of aliphatic imine (C=N–C) groups is 1. The molecule has 1 amide bonds. The molecule has 188 valence electrons. The van der Waals surface area contributed by atoms with Crippen LogP contribution in [0.2, 0.25) is 5.02 Å². The second-order valence-corrected chi connectivity index (χ2v) is 11.8. The first-order chi connectivity index (χ1) is 16.4. The molecule has 0 spiro atoms. The molecular formula is C22H20ClF3N2O5S2. The SMILES string of the molecule is COc1ccc(CC(=O)N=C2S[C@@H]3CS(=O)(=O)C[C@@H]3N2c2cc(C(F)(F)F)ccc2Cl)cc1OC. The number of carbonyl (C=O) groups excluding carboxylic acids is 1. The van der Waals surface area contributed by atoms with Crippen molar-refractivity contribution in [1.82, 2.24) is 0 Å². The first kappa shape index (κ1) is 25.6. The Morgan fingerprint density at radius 3 is 2.51 bits per heavy atom. The quantitative estimate of drug-likeness (QED) is 0.553. The summed E-state index contributed by atoms with van der Waals surface area (Å²) in [6.07, 6.45) is -4.74. The highest BCUT2D eigenvalue weighted by Crippen LogP contribution is 2.44. The number of amidine groups is 1. The highest BCUT2D eigenvalue weighted by Gasteiger charge is 2.50. The van der Waals surface area contributed by atoms with Crippen LogP contribution in [-0.2, 0) is 27.2 Å². The van der Waals surface area contributed by atoms with Gasteiger partial charge in [-0.3, -0.25) is 4.79 Å². The highest BCUT2D eigenvalue weighted by molar-refractivity contribution is 8.16. The molecule has 2 saturated heterocycles. The van der Waals surface area contributed by atoms with Gasteiger partial charge in [0.15, 0.2) is 26.5 Å². The predicted molar refractivity (Wildman–Crippen MR) is 128 cm³/mol. The number of methoxy groups -OCH3 is 2. The van der Waals surface area contributed by atoms with Crippen molar-refractivity contribution in [3.63, 3.8) is 0 Å². The molecule has 2 aromatic rings. The molecule has 0 saturated carbocycles. The lowest BCUT2D eigenvalue weighted by Gasteiger charge is -2.26. The van der Waals surface area contributed by atoms with Crippen LogP contribution in [0.1, 0.15) is 11.1 Å². The number of hydrogen-bond donors (Lipinski definition) is 0. The van der Waals surface area contributed by atoms with Gasteiger partial charge >= 0.3 is 6.18 Å². The zero-order valence-corrected chi connectivity index (χ0v) is 20.9. The molecular weight excluding hydrogens is 529 g/mol. The van der Waals surface area contributed by atoms with E-state index in [1.54, 1.807) is 18.2 Å². The third-order valence-electron chi connectivity index (χ3n) is 5.62. The van der Waals surface area contributed by atoms with Crippen LogP contribution in [0.4, 0.5) is 18.9 Å². The van der Waals surface area contributed by atoms with Gasteiger partial charge in [-0.2, -0.15) is 18.2 Å². The summed E-state index contributed by atoms with van der Waals surface area (Å²) in [6, 6.07) is 7.04. The molecule has 0 aromatic heterocycles. The third-order valence-corrected chi connectivity index (χ3v) is 9.15. The number of carbonyl (C=O) groups is 1. The molecule has 0 aliphatic carbocycles. The van der Waals surface area contributed by atoms with Gasteiger partial charge in [0.1, 0.15) is 0 Å². The zero-order chi connectivity index (χ0) is 25.5. The first-order valence-electron chi connectivity index (χ1n) is 10.3. The standard InChI is InChI=1S/C22H20ClF3N2O5S2/c1-32-17-6-3-12(7-18(17)33-2)8-20(29)27-21-28(16-10-35(30,31)11-19(16)34-21)15-9-13(22(24,25)26)4-5-14(15)23/h3-7,9,16,19H,8,10-11H2,1-2H3/t16-,19+/m0/s1. The number of sulfone groups is 1. The van der Waals surface area contributed by atoms with E-state index in [4.69, 9.17) is 21.1 Å². The second-order valence-electron chi connectivity index (χ2n) is 7.99. The monoisotopic (exact) mass is 548 g/mol. The second kappa shape index (κ2) is 9.55. The summed E-state index contributed by atoms with van der Waals surface area (Å²) >= 11 is 7.30. The van der Waals surface area contributed by atoms with E-state index in [2.05, 4.69) is 4.99 Å². The smallest absolute Gasteiger partial charge is 0.416 e. The van der Waals surface area contributed by atoms with Gasteiger partial charge in [0.25, 0.3) is 5.91 Å². The molecule has 2 aliphatic heterocycles. The molecule has 2 fully saturated rings. The summed E-state index contributed by atoms with van der Waals surface area (Å²) in [6.45, 7) is 0. The highest BCUT2D eigenvalue weighted by atomic mass is 35.5. The maximum absolute atomic E-state index is 13.4. The number of nitrogens with zero attached hydrogens (tertiary/aromatic N) is 2. The van der Waals surface area contributed by atoms with Crippen LogP contribution in [0.25, 0.3) is 0 Å². The van der Waals surface area contributed by atoms with Crippen LogP contribution in [0.3, 0.4) is 0 Å². The third kappa shape index (κ3) is 5.39. The van der Waals surface area contributed by atoms with Gasteiger partial charge < -0.3 is 14.4 Å². The minimum absolute atomic E-state index is 0.0106. The van der Waals surface area contributed by atoms with Crippen LogP contribution in [-0.4, -0.2) is 56.5 Å². The summed E-state index contributed by atoms with van der Waals surface area (Å²) in [5.41, 5.74) is -0.398. The number of ether oxygens (including phenoxy) is 2. The van der Waals surface area contributed by atoms with E-state index < -0.39 is 38.8 Å². The Hall–Kier alpha value is -2.44. The molecule has 0 unspecified atom stereocenters. The molecule has 13 heteroatoms. The van der Waals surface area contributed by atoms with Crippen LogP contribution in [0.5, 0.6) is 11.5 Å². The number of rotatable bonds is 5. The zero-order valence-electron chi connectivity index (χ0n) is 18.5. The van der Waals surface area contributed by atoms with Crippen molar-refractivity contribution >= 4 is 50.0 Å². The fourth-order valence-electron chi connectivity index (χ4n) is 4.03. The number of amides is 1. The normalized spacial score (nSPS) is 22.3. The largest absolute Gasteiger partial charge is 0.493 e. The summed E-state index contributed by atoms with van der Waals surface area (Å²) < 4.78 is 75.0. The Labute approximate surface area is 209 Å². The van der Waals surface area contributed by atoms with Crippen molar-refractivity contribution in [3.05, 3.63) is 52.5 Å². The van der Waals surface area contributed by atoms with Crippen LogP contribution < -0.4 is 14.4 Å². The number of hydrogen-bond acceptors (Lipinski definition) is 6. The lowest BCUT2D eigenvalue weighted by atomic mass is 10.1. The van der Waals surface area contributed by atoms with Gasteiger partial charge in [-0.25, -0.2) is 8.42 Å². The lowest BCUT2D eigenvalue weighted by molar-refractivity contribution is -0.137. The van der Waals surface area contributed by atoms with Crippen LogP contribution in [0.15, 0.2) is 41.4 Å². The van der Waals surface area contributed by atoms with Gasteiger partial charge in [0.05, 0.1) is 54.5 Å². The van der Waals surface area contributed by atoms with E-state index in [1.807, 2.05) is 0 Å². The number of thioether (sulfide) groups is 1. The van der Waals surface area contributed by atoms with Crippen molar-refractivity contribution in [2.45, 2.75) is 23.9 Å². The first-order valence-corrected chi connectivity index (χ1v) is 13.3. The Balaban J connectivity index is 1.69. The summed E-state index contributed by atoms with van der Waals surface area (Å²) in [7, 11) is -0.463. The summed E-state index contributed by atoms with van der Waals surface area (Å²) in [5, 5.41) is -0.386. The van der Waals surface area contributed by atoms with Gasteiger partial charge in [-0.05, 0) is 35.9 Å². The van der Waals surface area contributed by atoms with Gasteiger partial charge in [0.2, 0.25) is 0 Å². The Kier molecular flexibility index (Phi) is 7.00. The average molecular weight is 549 g/mol. The van der Waals surface area contributed by atoms with Crippen molar-refractivity contribution in [2.24, 2.45) is 4.99 Å². The molecule has 4 rings (SSSR count). The van der Waals surface area contributed by atoms with E-state index in [-0.39, 0.29) is 33.8 Å². The molecule has 2 heterocycles. The Morgan fingerprint density at radius 1 is 1.14 bits per heavy atom. The van der Waals surface area contributed by atoms with Crippen LogP contribution >= 0.6 is 23.4 Å². The molecule has 2 aromatic carbocycles. The maximum Gasteiger partial charge on any atom is 0.416 e. The van der Waals surface area contributed by atoms with Gasteiger partial charge in [-0.1, -0.05) is 29.4 Å². The molecule has 0 N–H and O–H groups in total. The maximum atomic E-state index is 13.4. The summed E-state index contributed by atoms with van der Waals surface area (Å²) in [5.74, 6) is -0.0902. The Morgan fingerprint density at radius 2 is 1.86 bits per heavy atom. The average Bonchev–Trinajstić information content (AvgIpc) is 3.23. The summed E-state index contributed by atoms with van der Waals surface area (Å²) in [4.78, 5) is 18.3. The number of alkyl halides is 3. The number of halogens is 4. The molecule has 2 atom stereocenters. The van der Waals surface area contributed by atoms with Gasteiger partial charge in [0, 0.05) is 5.25 Å². The number of fused-ring (bicyclic) bond motifs is 1. The molecule has 0 bridgehead atoms. The number of benzene rings is 2. The topological polar surface area (TPSA) is 85.3 Å². The van der Waals surface area contributed by atoms with Crippen molar-refractivity contribution in [3.8, 4) is 11.5 Å². The fraction of sp³-hybridized carbons (Fsp3) is 0.364. The van der Waals surface area contributed by atoms with Crippen molar-refractivity contribution in [2.75, 3.05) is 30.6 Å². The number of anilines is 1. The molecule has 0 radical (unpaired) electrons. The van der Waals surface area contributed by atoms with Crippen molar-refractivity contribution in [1.29, 1.82) is 0 Å². The predicted octanol–water partition coefficient (Wildman–Crippen LogP) is 4.22. The fourth-order valence-corrected chi connectivity index (χ4v) is 8.16. The van der Waals surface area contributed by atoms with E-state index in [0.717, 1.165) is 30.0 Å². The van der Waals surface area contributed by atoms with E-state index in [9.17, 15) is 26.4 Å².